The second-order valence-corrected chi connectivity index (χ2v) is 9.48. The van der Waals surface area contributed by atoms with Gasteiger partial charge in [-0.15, -0.1) is 22.7 Å². The van der Waals surface area contributed by atoms with Crippen molar-refractivity contribution in [3.63, 3.8) is 0 Å². The Labute approximate surface area is 180 Å². The number of rotatable bonds is 7. The van der Waals surface area contributed by atoms with Gasteiger partial charge in [-0.25, -0.2) is 5.01 Å². The molecule has 152 valence electrons. The van der Waals surface area contributed by atoms with Gasteiger partial charge in [-0.2, -0.15) is 5.10 Å². The van der Waals surface area contributed by atoms with Gasteiger partial charge in [0.1, 0.15) is 0 Å². The van der Waals surface area contributed by atoms with Crippen LogP contribution in [-0.4, -0.2) is 58.2 Å². The number of ether oxygens (including phenoxy) is 1. The molecule has 1 fully saturated rings. The van der Waals surface area contributed by atoms with Crippen LogP contribution >= 0.6 is 34.4 Å². The molecule has 0 spiro atoms. The lowest BCUT2D eigenvalue weighted by Crippen LogP contribution is -2.32. The Morgan fingerprint density at radius 2 is 2.03 bits per heavy atom. The summed E-state index contributed by atoms with van der Waals surface area (Å²) in [6, 6.07) is 7.69. The van der Waals surface area contributed by atoms with E-state index in [0.29, 0.717) is 19.5 Å². The van der Waals surface area contributed by atoms with Gasteiger partial charge >= 0.3 is 5.97 Å². The van der Waals surface area contributed by atoms with Gasteiger partial charge in [-0.05, 0) is 22.9 Å². The number of esters is 1. The van der Waals surface area contributed by atoms with Gasteiger partial charge in [0.2, 0.25) is 0 Å². The summed E-state index contributed by atoms with van der Waals surface area (Å²) in [4.78, 5) is 40.1. The molecule has 2 aromatic rings. The normalized spacial score (nSPS) is 19.0. The van der Waals surface area contributed by atoms with Gasteiger partial charge in [0, 0.05) is 30.1 Å². The molecular formula is C19H19N3O4S3. The van der Waals surface area contributed by atoms with Crippen molar-refractivity contribution in [3.05, 3.63) is 44.8 Å². The lowest BCUT2D eigenvalue weighted by molar-refractivity contribution is -0.152. The minimum Gasteiger partial charge on any atom is -0.455 e. The Morgan fingerprint density at radius 1 is 1.21 bits per heavy atom. The van der Waals surface area contributed by atoms with Crippen LogP contribution in [0.15, 0.2) is 40.1 Å². The third-order valence-corrected chi connectivity index (χ3v) is 7.41. The highest BCUT2D eigenvalue weighted by atomic mass is 32.2. The van der Waals surface area contributed by atoms with Gasteiger partial charge < -0.3 is 9.64 Å². The maximum atomic E-state index is 12.8. The maximum absolute atomic E-state index is 12.8. The number of hydrogen-bond acceptors (Lipinski definition) is 8. The van der Waals surface area contributed by atoms with Crippen LogP contribution in [-0.2, 0) is 14.3 Å². The monoisotopic (exact) mass is 449 g/mol. The molecule has 4 rings (SSSR count). The standard InChI is InChI=1S/C19H19N3O4S3/c23-17(12-26-18(24)5-6-21-7-10-29-19(21)25)22-14(16-4-2-9-28-16)11-13(20-22)15-3-1-8-27-15/h1-4,8-9,14H,5-7,10-12H2. The van der Waals surface area contributed by atoms with E-state index in [1.807, 2.05) is 35.0 Å². The zero-order chi connectivity index (χ0) is 20.2. The van der Waals surface area contributed by atoms with E-state index in [1.54, 1.807) is 27.6 Å². The molecule has 10 heteroatoms. The minimum absolute atomic E-state index is 0.0137. The minimum atomic E-state index is -0.489. The lowest BCUT2D eigenvalue weighted by atomic mass is 10.1. The first-order valence-electron chi connectivity index (χ1n) is 9.16. The summed E-state index contributed by atoms with van der Waals surface area (Å²) in [5.74, 6) is -0.0933. The number of hydrogen-bond donors (Lipinski definition) is 0. The van der Waals surface area contributed by atoms with E-state index < -0.39 is 5.97 Å². The van der Waals surface area contributed by atoms with E-state index in [4.69, 9.17) is 4.74 Å². The zero-order valence-corrected chi connectivity index (χ0v) is 17.9. The van der Waals surface area contributed by atoms with E-state index in [0.717, 1.165) is 21.2 Å². The van der Waals surface area contributed by atoms with E-state index >= 15 is 0 Å². The van der Waals surface area contributed by atoms with Gasteiger partial charge in [0.25, 0.3) is 11.1 Å². The lowest BCUT2D eigenvalue weighted by Gasteiger charge is -2.20. The fraction of sp³-hybridized carbons (Fsp3) is 0.368. The van der Waals surface area contributed by atoms with Gasteiger partial charge in [-0.1, -0.05) is 23.9 Å². The molecule has 0 N–H and O–H groups in total. The average Bonchev–Trinajstić information content (AvgIpc) is 3.50. The van der Waals surface area contributed by atoms with Crippen LogP contribution in [0.1, 0.15) is 28.6 Å². The topological polar surface area (TPSA) is 79.3 Å². The van der Waals surface area contributed by atoms with E-state index in [9.17, 15) is 14.4 Å². The summed E-state index contributed by atoms with van der Waals surface area (Å²) in [6.45, 7) is 0.609. The Morgan fingerprint density at radius 3 is 2.72 bits per heavy atom. The first kappa shape index (κ1) is 20.1. The SMILES string of the molecule is O=C(CCN1CCSC1=O)OCC(=O)N1N=C(c2cccs2)CC1c1cccs1. The van der Waals surface area contributed by atoms with Crippen LogP contribution in [0.4, 0.5) is 4.79 Å². The molecule has 1 unspecified atom stereocenters. The van der Waals surface area contributed by atoms with Crippen LogP contribution in [0.5, 0.6) is 0 Å². The van der Waals surface area contributed by atoms with Crippen LogP contribution in [0.2, 0.25) is 0 Å². The van der Waals surface area contributed by atoms with Crippen LogP contribution in [0.3, 0.4) is 0 Å². The molecule has 2 aromatic heterocycles. The summed E-state index contributed by atoms with van der Waals surface area (Å²) in [5.41, 5.74) is 0.864. The van der Waals surface area contributed by atoms with Crippen molar-refractivity contribution in [1.82, 2.24) is 9.91 Å². The molecule has 1 atom stereocenters. The number of carbonyl (C=O) groups is 3. The first-order valence-corrected chi connectivity index (χ1v) is 11.9. The van der Waals surface area contributed by atoms with Gasteiger partial charge in [0.15, 0.2) is 6.61 Å². The third kappa shape index (κ3) is 4.71. The second-order valence-electron chi connectivity index (χ2n) is 6.51. The van der Waals surface area contributed by atoms with E-state index in [2.05, 4.69) is 5.10 Å². The molecule has 0 aliphatic carbocycles. The molecule has 0 aromatic carbocycles. The molecule has 7 nitrogen and oxygen atoms in total. The second kappa shape index (κ2) is 9.10. The van der Waals surface area contributed by atoms with Crippen LogP contribution in [0, 0.1) is 0 Å². The van der Waals surface area contributed by atoms with Crippen molar-refractivity contribution >= 4 is 57.3 Å². The largest absolute Gasteiger partial charge is 0.455 e. The molecule has 4 heterocycles. The van der Waals surface area contributed by atoms with Crippen molar-refractivity contribution in [2.24, 2.45) is 5.10 Å². The molecule has 2 aliphatic rings. The fourth-order valence-corrected chi connectivity index (χ4v) is 5.55. The molecule has 2 amide bonds. The van der Waals surface area contributed by atoms with Crippen LogP contribution in [0.25, 0.3) is 0 Å². The smallest absolute Gasteiger partial charge is 0.308 e. The number of hydrazone groups is 1. The molecular weight excluding hydrogens is 430 g/mol. The molecule has 2 aliphatic heterocycles. The number of amides is 2. The highest BCUT2D eigenvalue weighted by Gasteiger charge is 2.34. The molecule has 1 saturated heterocycles. The quantitative estimate of drug-likeness (QED) is 0.604. The Hall–Kier alpha value is -2.17. The molecule has 0 saturated carbocycles. The molecule has 0 radical (unpaired) electrons. The Balaban J connectivity index is 1.36. The summed E-state index contributed by atoms with van der Waals surface area (Å²) in [5, 5.41) is 9.91. The fourth-order valence-electron chi connectivity index (χ4n) is 3.17. The average molecular weight is 450 g/mol. The third-order valence-electron chi connectivity index (χ3n) is 4.63. The van der Waals surface area contributed by atoms with Crippen molar-refractivity contribution in [1.29, 1.82) is 0 Å². The van der Waals surface area contributed by atoms with E-state index in [1.165, 1.54) is 16.8 Å². The summed E-state index contributed by atoms with van der Waals surface area (Å²) < 4.78 is 5.16. The number of thiophene rings is 2. The highest BCUT2D eigenvalue weighted by molar-refractivity contribution is 8.13. The summed E-state index contributed by atoms with van der Waals surface area (Å²) in [7, 11) is 0. The van der Waals surface area contributed by atoms with Crippen molar-refractivity contribution in [2.45, 2.75) is 18.9 Å². The number of thioether (sulfide) groups is 1. The predicted molar refractivity (Wildman–Crippen MR) is 114 cm³/mol. The van der Waals surface area contributed by atoms with Crippen molar-refractivity contribution in [3.8, 4) is 0 Å². The first-order chi connectivity index (χ1) is 14.1. The highest BCUT2D eigenvalue weighted by Crippen LogP contribution is 2.35. The van der Waals surface area contributed by atoms with E-state index in [-0.39, 0.29) is 30.2 Å². The summed E-state index contributed by atoms with van der Waals surface area (Å²) >= 11 is 4.41. The molecule has 29 heavy (non-hydrogen) atoms. The Bertz CT molecular complexity index is 911. The van der Waals surface area contributed by atoms with Crippen LogP contribution < -0.4 is 0 Å². The van der Waals surface area contributed by atoms with Crippen molar-refractivity contribution in [2.75, 3.05) is 25.4 Å². The summed E-state index contributed by atoms with van der Waals surface area (Å²) in [6.07, 6.45) is 0.715. The predicted octanol–water partition coefficient (Wildman–Crippen LogP) is 3.59. The number of carbonyl (C=O) groups excluding carboxylic acids is 3. The van der Waals surface area contributed by atoms with Crippen molar-refractivity contribution < 1.29 is 19.1 Å². The number of nitrogens with zero attached hydrogens (tertiary/aromatic N) is 3. The Kier molecular flexibility index (Phi) is 6.31. The van der Waals surface area contributed by atoms with Gasteiger partial charge in [0.05, 0.1) is 23.1 Å². The van der Waals surface area contributed by atoms with Gasteiger partial charge in [-0.3, -0.25) is 14.4 Å². The zero-order valence-electron chi connectivity index (χ0n) is 15.5. The molecule has 0 bridgehead atoms. The maximum Gasteiger partial charge on any atom is 0.308 e.